The number of carbonyl (C=O) groups is 1. The summed E-state index contributed by atoms with van der Waals surface area (Å²) in [5, 5.41) is 8.89. The number of carboxylic acid groups (broad SMARTS) is 1. The lowest BCUT2D eigenvalue weighted by molar-refractivity contribution is -0.141. The van der Waals surface area contributed by atoms with Gasteiger partial charge in [0.2, 0.25) is 0 Å². The molecule has 0 aromatic heterocycles. The Kier molecular flexibility index (Phi) is 4.20. The van der Waals surface area contributed by atoms with Crippen LogP contribution < -0.4 is 4.74 Å². The number of carboxylic acids is 1. The van der Waals surface area contributed by atoms with Crippen molar-refractivity contribution in [2.75, 3.05) is 13.2 Å². The molecule has 2 unspecified atom stereocenters. The molecule has 18 heavy (non-hydrogen) atoms. The van der Waals surface area contributed by atoms with E-state index in [0.717, 1.165) is 24.3 Å². The molecule has 2 atom stereocenters. The molecule has 2 rings (SSSR count). The normalized spacial score (nSPS) is 20.6. The van der Waals surface area contributed by atoms with Crippen molar-refractivity contribution in [2.24, 2.45) is 5.92 Å². The van der Waals surface area contributed by atoms with Gasteiger partial charge in [-0.25, -0.2) is 0 Å². The van der Waals surface area contributed by atoms with E-state index in [2.05, 4.69) is 0 Å². The van der Waals surface area contributed by atoms with Crippen LogP contribution in [0.4, 0.5) is 0 Å². The summed E-state index contributed by atoms with van der Waals surface area (Å²) in [5.41, 5.74) is 0.987. The largest absolute Gasteiger partial charge is 0.488 e. The third kappa shape index (κ3) is 3.47. The predicted octanol–water partition coefficient (Wildman–Crippen LogP) is 2.12. The van der Waals surface area contributed by atoms with E-state index in [9.17, 15) is 4.79 Å². The van der Waals surface area contributed by atoms with Gasteiger partial charge in [-0.1, -0.05) is 19.1 Å². The highest BCUT2D eigenvalue weighted by molar-refractivity contribution is 5.69. The van der Waals surface area contributed by atoms with Crippen LogP contribution in [0.15, 0.2) is 24.3 Å². The molecule has 1 aliphatic rings. The van der Waals surface area contributed by atoms with Crippen LogP contribution in [0.5, 0.6) is 5.75 Å². The summed E-state index contributed by atoms with van der Waals surface area (Å²) in [6, 6.07) is 7.64. The van der Waals surface area contributed by atoms with E-state index in [0.29, 0.717) is 13.0 Å². The Morgan fingerprint density at radius 3 is 3.11 bits per heavy atom. The Labute approximate surface area is 107 Å². The maximum absolute atomic E-state index is 10.8. The zero-order chi connectivity index (χ0) is 13.0. The van der Waals surface area contributed by atoms with Gasteiger partial charge in [-0.2, -0.15) is 0 Å². The summed E-state index contributed by atoms with van der Waals surface area (Å²) in [6.45, 7) is 3.09. The van der Waals surface area contributed by atoms with E-state index in [1.54, 1.807) is 6.92 Å². The van der Waals surface area contributed by atoms with Gasteiger partial charge in [0.1, 0.15) is 11.9 Å². The van der Waals surface area contributed by atoms with E-state index in [1.807, 2.05) is 24.3 Å². The molecule has 4 nitrogen and oxygen atoms in total. The van der Waals surface area contributed by atoms with Crippen LogP contribution in [0, 0.1) is 5.92 Å². The minimum atomic E-state index is -0.773. The van der Waals surface area contributed by atoms with Crippen LogP contribution in [0.3, 0.4) is 0 Å². The van der Waals surface area contributed by atoms with Crippen molar-refractivity contribution in [1.29, 1.82) is 0 Å². The molecule has 1 aliphatic heterocycles. The van der Waals surface area contributed by atoms with Gasteiger partial charge in [-0.15, -0.1) is 0 Å². The first-order valence-electron chi connectivity index (χ1n) is 6.21. The molecule has 4 heteroatoms. The third-order valence-electron chi connectivity index (χ3n) is 3.05. The highest BCUT2D eigenvalue weighted by atomic mass is 16.5. The molecule has 1 saturated heterocycles. The molecular formula is C14H18O4. The van der Waals surface area contributed by atoms with E-state index in [-0.39, 0.29) is 12.0 Å². The third-order valence-corrected chi connectivity index (χ3v) is 3.05. The van der Waals surface area contributed by atoms with Gasteiger partial charge in [0.15, 0.2) is 0 Å². The highest BCUT2D eigenvalue weighted by Gasteiger charge is 2.17. The Bertz CT molecular complexity index is 410. The maximum Gasteiger partial charge on any atom is 0.306 e. The molecule has 1 fully saturated rings. The Morgan fingerprint density at radius 1 is 1.61 bits per heavy atom. The number of aliphatic carboxylic acids is 1. The predicted molar refractivity (Wildman–Crippen MR) is 66.8 cm³/mol. The van der Waals surface area contributed by atoms with Crippen molar-refractivity contribution >= 4 is 5.97 Å². The average Bonchev–Trinajstić information content (AvgIpc) is 2.82. The zero-order valence-electron chi connectivity index (χ0n) is 10.5. The lowest BCUT2D eigenvalue weighted by Gasteiger charge is -2.13. The maximum atomic E-state index is 10.8. The summed E-state index contributed by atoms with van der Waals surface area (Å²) < 4.78 is 11.0. The van der Waals surface area contributed by atoms with E-state index < -0.39 is 5.97 Å². The smallest absolute Gasteiger partial charge is 0.306 e. The Hall–Kier alpha value is -1.55. The molecular weight excluding hydrogens is 232 g/mol. The van der Waals surface area contributed by atoms with Crippen molar-refractivity contribution in [1.82, 2.24) is 0 Å². The number of hydrogen-bond donors (Lipinski definition) is 1. The summed E-state index contributed by atoms with van der Waals surface area (Å²) in [5.74, 6) is -0.360. The fourth-order valence-corrected chi connectivity index (χ4v) is 1.98. The second-order valence-corrected chi connectivity index (χ2v) is 4.69. The van der Waals surface area contributed by atoms with Crippen LogP contribution in [0.2, 0.25) is 0 Å². The van der Waals surface area contributed by atoms with Gasteiger partial charge in [-0.3, -0.25) is 4.79 Å². The second kappa shape index (κ2) is 5.87. The summed E-state index contributed by atoms with van der Waals surface area (Å²) >= 11 is 0. The number of benzene rings is 1. The van der Waals surface area contributed by atoms with Crippen molar-refractivity contribution in [3.8, 4) is 5.75 Å². The number of ether oxygens (including phenoxy) is 2. The fourth-order valence-electron chi connectivity index (χ4n) is 1.98. The molecule has 1 heterocycles. The standard InChI is InChI=1S/C14H18O4/c1-10(14(15)16)7-11-3-2-4-12(8-11)18-13-5-6-17-9-13/h2-4,8,10,13H,5-7,9H2,1H3,(H,15,16). The number of hydrogen-bond acceptors (Lipinski definition) is 3. The van der Waals surface area contributed by atoms with Gasteiger partial charge in [0, 0.05) is 6.42 Å². The highest BCUT2D eigenvalue weighted by Crippen LogP contribution is 2.20. The number of rotatable bonds is 5. The summed E-state index contributed by atoms with van der Waals surface area (Å²) in [7, 11) is 0. The van der Waals surface area contributed by atoms with Gasteiger partial charge >= 0.3 is 5.97 Å². The molecule has 0 bridgehead atoms. The van der Waals surface area contributed by atoms with Crippen LogP contribution in [0.25, 0.3) is 0 Å². The van der Waals surface area contributed by atoms with Crippen molar-refractivity contribution in [3.05, 3.63) is 29.8 Å². The summed E-state index contributed by atoms with van der Waals surface area (Å²) in [6.07, 6.45) is 1.56. The topological polar surface area (TPSA) is 55.8 Å². The quantitative estimate of drug-likeness (QED) is 0.869. The van der Waals surface area contributed by atoms with Crippen molar-refractivity contribution in [2.45, 2.75) is 25.9 Å². The Morgan fingerprint density at radius 2 is 2.44 bits per heavy atom. The molecule has 1 N–H and O–H groups in total. The summed E-state index contributed by atoms with van der Waals surface area (Å²) in [4.78, 5) is 10.8. The monoisotopic (exact) mass is 250 g/mol. The fraction of sp³-hybridized carbons (Fsp3) is 0.500. The van der Waals surface area contributed by atoms with Gasteiger partial charge < -0.3 is 14.6 Å². The average molecular weight is 250 g/mol. The van der Waals surface area contributed by atoms with E-state index in [1.165, 1.54) is 0 Å². The van der Waals surface area contributed by atoms with Crippen LogP contribution in [0.1, 0.15) is 18.9 Å². The lowest BCUT2D eigenvalue weighted by atomic mass is 10.0. The molecule has 0 spiro atoms. The zero-order valence-corrected chi connectivity index (χ0v) is 10.5. The van der Waals surface area contributed by atoms with Crippen LogP contribution >= 0.6 is 0 Å². The molecule has 0 saturated carbocycles. The lowest BCUT2D eigenvalue weighted by Crippen LogP contribution is -2.16. The minimum absolute atomic E-state index is 0.122. The van der Waals surface area contributed by atoms with Crippen LogP contribution in [-0.4, -0.2) is 30.4 Å². The molecule has 0 radical (unpaired) electrons. The molecule has 1 aromatic rings. The van der Waals surface area contributed by atoms with Gasteiger partial charge in [-0.05, 0) is 24.1 Å². The first-order valence-corrected chi connectivity index (χ1v) is 6.21. The Balaban J connectivity index is 1.98. The first-order chi connectivity index (χ1) is 8.65. The molecule has 0 aliphatic carbocycles. The van der Waals surface area contributed by atoms with Crippen molar-refractivity contribution < 1.29 is 19.4 Å². The molecule has 98 valence electrons. The molecule has 0 amide bonds. The van der Waals surface area contributed by atoms with Crippen molar-refractivity contribution in [3.63, 3.8) is 0 Å². The van der Waals surface area contributed by atoms with E-state index >= 15 is 0 Å². The SMILES string of the molecule is CC(Cc1cccc(OC2CCOC2)c1)C(=O)O. The second-order valence-electron chi connectivity index (χ2n) is 4.69. The van der Waals surface area contributed by atoms with Gasteiger partial charge in [0.25, 0.3) is 0 Å². The first kappa shape index (κ1) is 12.9. The van der Waals surface area contributed by atoms with Gasteiger partial charge in [0.05, 0.1) is 19.1 Å². The van der Waals surface area contributed by atoms with Crippen LogP contribution in [-0.2, 0) is 16.0 Å². The minimum Gasteiger partial charge on any atom is -0.488 e. The van der Waals surface area contributed by atoms with E-state index in [4.69, 9.17) is 14.6 Å². The molecule has 1 aromatic carbocycles.